The third-order valence-corrected chi connectivity index (χ3v) is 4.23. The van der Waals surface area contributed by atoms with Crippen molar-refractivity contribution < 1.29 is 14.4 Å². The molecule has 1 aromatic carbocycles. The molecule has 1 heterocycles. The summed E-state index contributed by atoms with van der Waals surface area (Å²) in [5.74, 6) is -0.612. The Labute approximate surface area is 121 Å². The van der Waals surface area contributed by atoms with Crippen LogP contribution in [0.4, 0.5) is 0 Å². The maximum absolute atomic E-state index is 11.2. The normalized spacial score (nSPS) is 21.5. The number of hydrogen-bond acceptors (Lipinski definition) is 3. The number of carboxylic acids is 1. The van der Waals surface area contributed by atoms with E-state index in [0.29, 0.717) is 23.6 Å². The third kappa shape index (κ3) is 2.10. The summed E-state index contributed by atoms with van der Waals surface area (Å²) in [6.45, 7) is 1.88. The van der Waals surface area contributed by atoms with Gasteiger partial charge < -0.3 is 9.63 Å². The van der Waals surface area contributed by atoms with Gasteiger partial charge in [-0.25, -0.2) is 0 Å². The number of aromatic nitrogens is 1. The van der Waals surface area contributed by atoms with E-state index in [1.165, 1.54) is 0 Å². The molecule has 3 rings (SSSR count). The van der Waals surface area contributed by atoms with E-state index in [4.69, 9.17) is 16.1 Å². The summed E-state index contributed by atoms with van der Waals surface area (Å²) in [7, 11) is 0. The van der Waals surface area contributed by atoms with Gasteiger partial charge in [-0.15, -0.1) is 0 Å². The number of carbonyl (C=O) groups is 1. The predicted molar refractivity (Wildman–Crippen MR) is 74.8 cm³/mol. The summed E-state index contributed by atoms with van der Waals surface area (Å²) in [6, 6.07) is 7.41. The quantitative estimate of drug-likeness (QED) is 0.915. The topological polar surface area (TPSA) is 63.3 Å². The highest BCUT2D eigenvalue weighted by molar-refractivity contribution is 6.30. The molecular formula is C15H14ClNO3. The van der Waals surface area contributed by atoms with E-state index in [1.54, 1.807) is 0 Å². The van der Waals surface area contributed by atoms with Crippen molar-refractivity contribution in [1.29, 1.82) is 0 Å². The van der Waals surface area contributed by atoms with Gasteiger partial charge in [0.15, 0.2) is 0 Å². The lowest BCUT2D eigenvalue weighted by molar-refractivity contribution is -0.143. The molecular weight excluding hydrogens is 278 g/mol. The van der Waals surface area contributed by atoms with Crippen LogP contribution in [0.2, 0.25) is 5.02 Å². The molecule has 104 valence electrons. The van der Waals surface area contributed by atoms with Crippen molar-refractivity contribution >= 4 is 17.6 Å². The Morgan fingerprint density at radius 2 is 2.10 bits per heavy atom. The molecule has 0 fully saturated rings. The van der Waals surface area contributed by atoms with Crippen LogP contribution >= 0.6 is 11.6 Å². The monoisotopic (exact) mass is 291 g/mol. The first kappa shape index (κ1) is 13.2. The van der Waals surface area contributed by atoms with Crippen molar-refractivity contribution in [3.05, 3.63) is 40.6 Å². The molecule has 0 saturated carbocycles. The fourth-order valence-electron chi connectivity index (χ4n) is 2.83. The standard InChI is InChI=1S/C15H14ClNO3/c1-8-11(15(18)19)6-7-12-13(17-20-14(8)12)9-2-4-10(16)5-3-9/h2-5,8,11H,6-7H2,1H3,(H,18,19)/t8-,11+/m1/s1. The summed E-state index contributed by atoms with van der Waals surface area (Å²) in [5.41, 5.74) is 2.77. The minimum absolute atomic E-state index is 0.148. The predicted octanol–water partition coefficient (Wildman–Crippen LogP) is 3.75. The Morgan fingerprint density at radius 1 is 1.40 bits per heavy atom. The highest BCUT2D eigenvalue weighted by atomic mass is 35.5. The molecule has 4 nitrogen and oxygen atoms in total. The number of rotatable bonds is 2. The van der Waals surface area contributed by atoms with Gasteiger partial charge in [-0.05, 0) is 25.0 Å². The molecule has 1 N–H and O–H groups in total. The number of aliphatic carboxylic acids is 1. The van der Waals surface area contributed by atoms with Crippen LogP contribution in [-0.4, -0.2) is 16.2 Å². The van der Waals surface area contributed by atoms with Gasteiger partial charge in [-0.2, -0.15) is 0 Å². The largest absolute Gasteiger partial charge is 0.481 e. The van der Waals surface area contributed by atoms with Crippen LogP contribution in [0.1, 0.15) is 30.6 Å². The molecule has 0 aliphatic heterocycles. The first-order valence-electron chi connectivity index (χ1n) is 6.55. The highest BCUT2D eigenvalue weighted by Gasteiger charge is 2.36. The number of carboxylic acid groups (broad SMARTS) is 1. The van der Waals surface area contributed by atoms with E-state index < -0.39 is 11.9 Å². The smallest absolute Gasteiger partial charge is 0.307 e. The molecule has 0 amide bonds. The molecule has 1 aliphatic rings. The molecule has 2 atom stereocenters. The Morgan fingerprint density at radius 3 is 2.75 bits per heavy atom. The van der Waals surface area contributed by atoms with Crippen molar-refractivity contribution in [2.75, 3.05) is 0 Å². The van der Waals surface area contributed by atoms with Gasteiger partial charge >= 0.3 is 5.97 Å². The van der Waals surface area contributed by atoms with Gasteiger partial charge in [0.05, 0.1) is 5.92 Å². The molecule has 0 spiro atoms. The van der Waals surface area contributed by atoms with Gasteiger partial charge in [0.1, 0.15) is 11.5 Å². The van der Waals surface area contributed by atoms with Crippen molar-refractivity contribution in [1.82, 2.24) is 5.16 Å². The Hall–Kier alpha value is -1.81. The van der Waals surface area contributed by atoms with Crippen LogP contribution in [0.5, 0.6) is 0 Å². The summed E-state index contributed by atoms with van der Waals surface area (Å²) in [5, 5.41) is 14.0. The maximum atomic E-state index is 11.2. The van der Waals surface area contributed by atoms with Gasteiger partial charge in [0, 0.05) is 22.1 Å². The molecule has 0 saturated heterocycles. The molecule has 0 radical (unpaired) electrons. The van der Waals surface area contributed by atoms with E-state index >= 15 is 0 Å². The van der Waals surface area contributed by atoms with Crippen molar-refractivity contribution in [2.45, 2.75) is 25.7 Å². The van der Waals surface area contributed by atoms with Crippen LogP contribution in [0.25, 0.3) is 11.3 Å². The van der Waals surface area contributed by atoms with E-state index in [2.05, 4.69) is 5.16 Å². The second-order valence-corrected chi connectivity index (χ2v) is 5.59. The van der Waals surface area contributed by atoms with Crippen LogP contribution < -0.4 is 0 Å². The lowest BCUT2D eigenvalue weighted by Crippen LogP contribution is -2.25. The Bertz CT molecular complexity index is 648. The number of benzene rings is 1. The Kier molecular flexibility index (Phi) is 3.26. The van der Waals surface area contributed by atoms with Crippen LogP contribution in [-0.2, 0) is 11.2 Å². The summed E-state index contributed by atoms with van der Waals surface area (Å²) in [6.07, 6.45) is 1.30. The van der Waals surface area contributed by atoms with Crippen LogP contribution in [0, 0.1) is 5.92 Å². The minimum Gasteiger partial charge on any atom is -0.481 e. The molecule has 20 heavy (non-hydrogen) atoms. The van der Waals surface area contributed by atoms with Gasteiger partial charge in [-0.1, -0.05) is 35.8 Å². The summed E-state index contributed by atoms with van der Waals surface area (Å²) >= 11 is 5.88. The first-order chi connectivity index (χ1) is 9.58. The second-order valence-electron chi connectivity index (χ2n) is 5.15. The lowest BCUT2D eigenvalue weighted by Gasteiger charge is -2.23. The SMILES string of the molecule is C[C@H]1c2onc(-c3ccc(Cl)cc3)c2CC[C@@H]1C(=O)O. The van der Waals surface area contributed by atoms with E-state index in [-0.39, 0.29) is 5.92 Å². The number of fused-ring (bicyclic) bond motifs is 1. The van der Waals surface area contributed by atoms with Gasteiger partial charge in [0.2, 0.25) is 0 Å². The molecule has 1 aromatic heterocycles. The number of nitrogens with zero attached hydrogens (tertiary/aromatic N) is 1. The average Bonchev–Trinajstić information content (AvgIpc) is 2.84. The molecule has 0 unspecified atom stereocenters. The van der Waals surface area contributed by atoms with E-state index in [1.807, 2.05) is 31.2 Å². The Balaban J connectivity index is 2.00. The number of hydrogen-bond donors (Lipinski definition) is 1. The zero-order chi connectivity index (χ0) is 14.3. The molecule has 2 aromatic rings. The van der Waals surface area contributed by atoms with Crippen molar-refractivity contribution in [2.24, 2.45) is 5.92 Å². The lowest BCUT2D eigenvalue weighted by atomic mass is 9.79. The van der Waals surface area contributed by atoms with Crippen LogP contribution in [0.15, 0.2) is 28.8 Å². The van der Waals surface area contributed by atoms with Crippen molar-refractivity contribution in [3.63, 3.8) is 0 Å². The fourth-order valence-corrected chi connectivity index (χ4v) is 2.95. The zero-order valence-electron chi connectivity index (χ0n) is 11.0. The summed E-state index contributed by atoms with van der Waals surface area (Å²) < 4.78 is 5.42. The van der Waals surface area contributed by atoms with Crippen LogP contribution in [0.3, 0.4) is 0 Å². The van der Waals surface area contributed by atoms with E-state index in [9.17, 15) is 9.90 Å². The number of halogens is 1. The molecule has 0 bridgehead atoms. The van der Waals surface area contributed by atoms with E-state index in [0.717, 1.165) is 16.8 Å². The molecule has 1 aliphatic carbocycles. The average molecular weight is 292 g/mol. The first-order valence-corrected chi connectivity index (χ1v) is 6.93. The third-order valence-electron chi connectivity index (χ3n) is 3.98. The zero-order valence-corrected chi connectivity index (χ0v) is 11.7. The highest BCUT2D eigenvalue weighted by Crippen LogP contribution is 2.40. The van der Waals surface area contributed by atoms with Gasteiger partial charge in [-0.3, -0.25) is 4.79 Å². The van der Waals surface area contributed by atoms with Crippen molar-refractivity contribution in [3.8, 4) is 11.3 Å². The minimum atomic E-state index is -0.771. The second kappa shape index (κ2) is 4.94. The fraction of sp³-hybridized carbons (Fsp3) is 0.333. The van der Waals surface area contributed by atoms with Gasteiger partial charge in [0.25, 0.3) is 0 Å². The molecule has 5 heteroatoms. The summed E-state index contributed by atoms with van der Waals surface area (Å²) in [4.78, 5) is 11.2. The maximum Gasteiger partial charge on any atom is 0.307 e.